The van der Waals surface area contributed by atoms with Crippen LogP contribution in [0.4, 0.5) is 0 Å². The zero-order valence-electron chi connectivity index (χ0n) is 13.7. The van der Waals surface area contributed by atoms with Crippen molar-refractivity contribution in [1.29, 1.82) is 0 Å². The molecule has 1 unspecified atom stereocenters. The molecule has 2 aromatic carbocycles. The number of carbonyl (C=O) groups excluding carboxylic acids is 1. The van der Waals surface area contributed by atoms with Crippen LogP contribution in [0.25, 0.3) is 11.1 Å². The predicted octanol–water partition coefficient (Wildman–Crippen LogP) is 4.76. The maximum absolute atomic E-state index is 12.1. The Labute approximate surface area is 142 Å². The van der Waals surface area contributed by atoms with Gasteiger partial charge in [0, 0.05) is 12.8 Å². The van der Waals surface area contributed by atoms with Gasteiger partial charge >= 0.3 is 0 Å². The Morgan fingerprint density at radius 3 is 2.33 bits per heavy atom. The molecule has 0 bridgehead atoms. The fourth-order valence-electron chi connectivity index (χ4n) is 2.68. The Bertz CT molecular complexity index is 761. The highest BCUT2D eigenvalue weighted by atomic mass is 16.3. The van der Waals surface area contributed by atoms with E-state index in [1.807, 2.05) is 37.3 Å². The second-order valence-electron chi connectivity index (χ2n) is 5.86. The van der Waals surface area contributed by atoms with Crippen LogP contribution >= 0.6 is 0 Å². The number of hydrogen-bond donors (Lipinski definition) is 1. The second kappa shape index (κ2) is 7.64. The van der Waals surface area contributed by atoms with Gasteiger partial charge in [-0.25, -0.2) is 0 Å². The van der Waals surface area contributed by atoms with E-state index >= 15 is 0 Å². The van der Waals surface area contributed by atoms with Crippen LogP contribution in [0.5, 0.6) is 0 Å². The maximum Gasteiger partial charge on any atom is 0.220 e. The number of nitrogens with one attached hydrogen (secondary N) is 1. The molecule has 122 valence electrons. The van der Waals surface area contributed by atoms with E-state index in [2.05, 4.69) is 41.7 Å². The van der Waals surface area contributed by atoms with Crippen LogP contribution in [0.1, 0.15) is 30.7 Å². The van der Waals surface area contributed by atoms with E-state index in [-0.39, 0.29) is 11.9 Å². The van der Waals surface area contributed by atoms with Crippen molar-refractivity contribution < 1.29 is 9.21 Å². The molecule has 3 nitrogen and oxygen atoms in total. The van der Waals surface area contributed by atoms with Crippen LogP contribution in [-0.2, 0) is 11.2 Å². The van der Waals surface area contributed by atoms with Crippen LogP contribution in [0, 0.1) is 0 Å². The van der Waals surface area contributed by atoms with E-state index in [1.165, 1.54) is 11.1 Å². The van der Waals surface area contributed by atoms with Gasteiger partial charge in [-0.1, -0.05) is 54.6 Å². The Balaban J connectivity index is 1.56. The molecule has 1 aromatic heterocycles. The average molecular weight is 319 g/mol. The van der Waals surface area contributed by atoms with Crippen LogP contribution in [0.3, 0.4) is 0 Å². The van der Waals surface area contributed by atoms with E-state index in [0.29, 0.717) is 12.8 Å². The van der Waals surface area contributed by atoms with Crippen LogP contribution in [0.15, 0.2) is 77.4 Å². The minimum atomic E-state index is -0.0149. The molecule has 3 aromatic rings. The molecule has 1 atom stereocenters. The fourth-order valence-corrected chi connectivity index (χ4v) is 2.68. The van der Waals surface area contributed by atoms with Gasteiger partial charge in [0.2, 0.25) is 5.91 Å². The zero-order valence-corrected chi connectivity index (χ0v) is 13.7. The van der Waals surface area contributed by atoms with Gasteiger partial charge in [0.1, 0.15) is 5.76 Å². The highest BCUT2D eigenvalue weighted by molar-refractivity contribution is 5.76. The van der Waals surface area contributed by atoms with E-state index in [9.17, 15) is 4.79 Å². The third kappa shape index (κ3) is 4.13. The number of hydrogen-bond acceptors (Lipinski definition) is 2. The fraction of sp³-hybridized carbons (Fsp3) is 0.190. The smallest absolute Gasteiger partial charge is 0.220 e. The summed E-state index contributed by atoms with van der Waals surface area (Å²) < 4.78 is 5.25. The summed E-state index contributed by atoms with van der Waals surface area (Å²) in [5.41, 5.74) is 3.47. The third-order valence-electron chi connectivity index (χ3n) is 4.07. The molecule has 1 amide bonds. The molecule has 0 aliphatic rings. The first-order valence-electron chi connectivity index (χ1n) is 8.19. The molecule has 0 saturated carbocycles. The van der Waals surface area contributed by atoms with Crippen molar-refractivity contribution in [2.45, 2.75) is 25.8 Å². The van der Waals surface area contributed by atoms with Gasteiger partial charge in [-0.3, -0.25) is 4.79 Å². The Hall–Kier alpha value is -2.81. The van der Waals surface area contributed by atoms with Gasteiger partial charge in [-0.2, -0.15) is 0 Å². The molecule has 0 radical (unpaired) electrons. The number of carbonyl (C=O) groups is 1. The van der Waals surface area contributed by atoms with Crippen molar-refractivity contribution >= 4 is 5.91 Å². The van der Waals surface area contributed by atoms with E-state index in [4.69, 9.17) is 4.42 Å². The minimum absolute atomic E-state index is 0.0149. The Morgan fingerprint density at radius 1 is 0.958 bits per heavy atom. The van der Waals surface area contributed by atoms with Gasteiger partial charge in [0.05, 0.1) is 12.3 Å². The molecule has 0 aliphatic carbocycles. The number of aryl methyl sites for hydroxylation is 1. The van der Waals surface area contributed by atoms with E-state index in [0.717, 1.165) is 11.3 Å². The third-order valence-corrected chi connectivity index (χ3v) is 4.07. The summed E-state index contributed by atoms with van der Waals surface area (Å²) >= 11 is 0. The number of benzene rings is 2. The number of rotatable bonds is 6. The van der Waals surface area contributed by atoms with Gasteiger partial charge in [-0.15, -0.1) is 0 Å². The molecular weight excluding hydrogens is 298 g/mol. The molecule has 3 heteroatoms. The van der Waals surface area contributed by atoms with Crippen molar-refractivity contribution in [3.63, 3.8) is 0 Å². The van der Waals surface area contributed by atoms with Crippen molar-refractivity contribution in [2.75, 3.05) is 0 Å². The lowest BCUT2D eigenvalue weighted by Crippen LogP contribution is -2.26. The minimum Gasteiger partial charge on any atom is -0.469 e. The highest BCUT2D eigenvalue weighted by Gasteiger charge is 2.10. The molecule has 1 heterocycles. The Morgan fingerprint density at radius 2 is 1.67 bits per heavy atom. The quantitative estimate of drug-likeness (QED) is 0.712. The molecule has 24 heavy (non-hydrogen) atoms. The molecule has 1 N–H and O–H groups in total. The lowest BCUT2D eigenvalue weighted by Gasteiger charge is -2.15. The highest BCUT2D eigenvalue weighted by Crippen LogP contribution is 2.21. The molecule has 0 saturated heterocycles. The number of amides is 1. The molecule has 0 fully saturated rings. The normalized spacial score (nSPS) is 11.9. The summed E-state index contributed by atoms with van der Waals surface area (Å²) in [5.74, 6) is 0.871. The van der Waals surface area contributed by atoms with Crippen molar-refractivity contribution in [2.24, 2.45) is 0 Å². The van der Waals surface area contributed by atoms with Crippen molar-refractivity contribution in [1.82, 2.24) is 5.32 Å². The number of furan rings is 1. The molecular formula is C21H21NO2. The van der Waals surface area contributed by atoms with Gasteiger partial charge < -0.3 is 9.73 Å². The van der Waals surface area contributed by atoms with E-state index in [1.54, 1.807) is 6.26 Å². The summed E-state index contributed by atoms with van der Waals surface area (Å²) in [6.07, 6.45) is 2.68. The van der Waals surface area contributed by atoms with Gasteiger partial charge in [-0.05, 0) is 35.7 Å². The van der Waals surface area contributed by atoms with Crippen molar-refractivity contribution in [3.8, 4) is 11.1 Å². The molecule has 3 rings (SSSR count). The van der Waals surface area contributed by atoms with Crippen LogP contribution < -0.4 is 5.32 Å². The topological polar surface area (TPSA) is 42.2 Å². The maximum atomic E-state index is 12.1. The predicted molar refractivity (Wildman–Crippen MR) is 95.5 cm³/mol. The molecule has 0 spiro atoms. The van der Waals surface area contributed by atoms with Gasteiger partial charge in [0.25, 0.3) is 0 Å². The summed E-state index contributed by atoms with van der Waals surface area (Å²) in [7, 11) is 0. The summed E-state index contributed by atoms with van der Waals surface area (Å²) in [5, 5.41) is 3.04. The largest absolute Gasteiger partial charge is 0.469 e. The SMILES string of the molecule is CC(NC(=O)CCc1ccco1)c1ccc(-c2ccccc2)cc1. The standard InChI is InChI=1S/C21H21NO2/c1-16(22-21(23)14-13-20-8-5-15-24-20)17-9-11-19(12-10-17)18-6-3-2-4-7-18/h2-12,15-16H,13-14H2,1H3,(H,22,23). The summed E-state index contributed by atoms with van der Waals surface area (Å²) in [6.45, 7) is 2.00. The second-order valence-corrected chi connectivity index (χ2v) is 5.86. The van der Waals surface area contributed by atoms with E-state index < -0.39 is 0 Å². The summed E-state index contributed by atoms with van der Waals surface area (Å²) in [6, 6.07) is 22.3. The monoisotopic (exact) mass is 319 g/mol. The van der Waals surface area contributed by atoms with Crippen molar-refractivity contribution in [3.05, 3.63) is 84.3 Å². The lowest BCUT2D eigenvalue weighted by atomic mass is 10.0. The Kier molecular flexibility index (Phi) is 5.12. The first kappa shape index (κ1) is 16.1. The zero-order chi connectivity index (χ0) is 16.8. The lowest BCUT2D eigenvalue weighted by molar-refractivity contribution is -0.121. The first-order valence-corrected chi connectivity index (χ1v) is 8.19. The van der Waals surface area contributed by atoms with Gasteiger partial charge in [0.15, 0.2) is 0 Å². The van der Waals surface area contributed by atoms with Crippen LogP contribution in [-0.4, -0.2) is 5.91 Å². The average Bonchev–Trinajstić information content (AvgIpc) is 3.14. The summed E-state index contributed by atoms with van der Waals surface area (Å²) in [4.78, 5) is 12.1. The first-order chi connectivity index (χ1) is 11.7. The van der Waals surface area contributed by atoms with Crippen LogP contribution in [0.2, 0.25) is 0 Å². The molecule has 0 aliphatic heterocycles.